The Hall–Kier alpha value is -1.36. The highest BCUT2D eigenvalue weighted by atomic mass is 16.4. The van der Waals surface area contributed by atoms with Crippen molar-refractivity contribution in [2.75, 3.05) is 19.6 Å². The predicted octanol–water partition coefficient (Wildman–Crippen LogP) is 1.95. The Labute approximate surface area is 119 Å². The molecule has 0 radical (unpaired) electrons. The first kappa shape index (κ1) is 13.6. The molecule has 2 fully saturated rings. The number of likely N-dealkylation sites (tertiary alicyclic amines) is 1. The Bertz CT molecular complexity index is 467. The lowest BCUT2D eigenvalue weighted by Crippen LogP contribution is -2.36. The normalized spacial score (nSPS) is 23.9. The van der Waals surface area contributed by atoms with Crippen LogP contribution in [0.25, 0.3) is 0 Å². The van der Waals surface area contributed by atoms with Gasteiger partial charge in [0.15, 0.2) is 0 Å². The topological polar surface area (TPSA) is 58.4 Å². The van der Waals surface area contributed by atoms with Gasteiger partial charge in [0.25, 0.3) is 0 Å². The number of piperidine rings is 1. The highest BCUT2D eigenvalue weighted by Crippen LogP contribution is 2.33. The lowest BCUT2D eigenvalue weighted by Gasteiger charge is -2.32. The second kappa shape index (κ2) is 5.95. The van der Waals surface area contributed by atoms with Crippen molar-refractivity contribution in [3.8, 4) is 0 Å². The molecule has 1 saturated carbocycles. The molecular formula is C15H23N3O2. The fourth-order valence-electron chi connectivity index (χ4n) is 3.14. The van der Waals surface area contributed by atoms with Crippen molar-refractivity contribution in [2.45, 2.75) is 44.6 Å². The number of hydrogen-bond donors (Lipinski definition) is 1. The van der Waals surface area contributed by atoms with Crippen LogP contribution in [0.15, 0.2) is 12.4 Å². The van der Waals surface area contributed by atoms with Gasteiger partial charge in [0, 0.05) is 37.9 Å². The molecule has 1 aliphatic heterocycles. The van der Waals surface area contributed by atoms with E-state index in [0.29, 0.717) is 12.5 Å². The van der Waals surface area contributed by atoms with Gasteiger partial charge in [-0.25, -0.2) is 4.98 Å². The molecule has 3 rings (SSSR count). The van der Waals surface area contributed by atoms with E-state index in [-0.39, 0.29) is 6.42 Å². The summed E-state index contributed by atoms with van der Waals surface area (Å²) in [6.45, 7) is 3.75. The van der Waals surface area contributed by atoms with Crippen LogP contribution in [0.4, 0.5) is 0 Å². The second-order valence-corrected chi connectivity index (χ2v) is 6.16. The third-order valence-corrected chi connectivity index (χ3v) is 4.41. The minimum atomic E-state index is -0.706. The first-order valence-electron chi connectivity index (χ1n) is 7.67. The predicted molar refractivity (Wildman–Crippen MR) is 75.6 cm³/mol. The zero-order chi connectivity index (χ0) is 13.9. The summed E-state index contributed by atoms with van der Waals surface area (Å²) < 4.78 is 2.32. The highest BCUT2D eigenvalue weighted by Gasteiger charge is 2.27. The maximum absolute atomic E-state index is 10.7. The minimum absolute atomic E-state index is 0.239. The standard InChI is InChI=1S/C15H23N3O2/c19-14(20)5-8-17-7-1-2-13(11-17)15-16-6-9-18(15)10-12-3-4-12/h6,9,12-13H,1-5,7-8,10-11H2,(H,19,20)/t13-/m1/s1. The van der Waals surface area contributed by atoms with E-state index in [9.17, 15) is 4.79 Å². The van der Waals surface area contributed by atoms with E-state index >= 15 is 0 Å². The quantitative estimate of drug-likeness (QED) is 0.863. The summed E-state index contributed by atoms with van der Waals surface area (Å²) in [6, 6.07) is 0. The Balaban J connectivity index is 1.61. The molecule has 1 aromatic heterocycles. The second-order valence-electron chi connectivity index (χ2n) is 6.16. The van der Waals surface area contributed by atoms with Crippen LogP contribution < -0.4 is 0 Å². The van der Waals surface area contributed by atoms with E-state index in [2.05, 4.69) is 20.6 Å². The molecule has 2 aliphatic rings. The molecule has 5 heteroatoms. The van der Waals surface area contributed by atoms with Crippen molar-refractivity contribution < 1.29 is 9.90 Å². The van der Waals surface area contributed by atoms with Crippen LogP contribution in [0.2, 0.25) is 0 Å². The number of imidazole rings is 1. The first-order chi connectivity index (χ1) is 9.72. The summed E-state index contributed by atoms with van der Waals surface area (Å²) in [7, 11) is 0. The number of hydrogen-bond acceptors (Lipinski definition) is 3. The lowest BCUT2D eigenvalue weighted by molar-refractivity contribution is -0.137. The van der Waals surface area contributed by atoms with Gasteiger partial charge in [-0.15, -0.1) is 0 Å². The van der Waals surface area contributed by atoms with Crippen molar-refractivity contribution in [3.63, 3.8) is 0 Å². The van der Waals surface area contributed by atoms with E-state index in [4.69, 9.17) is 5.11 Å². The average molecular weight is 277 g/mol. The Kier molecular flexibility index (Phi) is 4.05. The largest absolute Gasteiger partial charge is 0.481 e. The van der Waals surface area contributed by atoms with Gasteiger partial charge in [-0.1, -0.05) is 0 Å². The van der Waals surface area contributed by atoms with Crippen molar-refractivity contribution in [2.24, 2.45) is 5.92 Å². The fourth-order valence-corrected chi connectivity index (χ4v) is 3.14. The monoisotopic (exact) mass is 277 g/mol. The van der Waals surface area contributed by atoms with Gasteiger partial charge in [-0.3, -0.25) is 4.79 Å². The maximum atomic E-state index is 10.7. The Morgan fingerprint density at radius 1 is 1.40 bits per heavy atom. The SMILES string of the molecule is O=C(O)CCN1CCC[C@@H](c2nccn2CC2CC2)C1. The molecular weight excluding hydrogens is 254 g/mol. The van der Waals surface area contributed by atoms with Crippen LogP contribution in [-0.2, 0) is 11.3 Å². The van der Waals surface area contributed by atoms with Gasteiger partial charge in [-0.2, -0.15) is 0 Å². The fraction of sp³-hybridized carbons (Fsp3) is 0.733. The van der Waals surface area contributed by atoms with E-state index < -0.39 is 5.97 Å². The average Bonchev–Trinajstić information content (AvgIpc) is 3.13. The van der Waals surface area contributed by atoms with Gasteiger partial charge in [0.05, 0.1) is 6.42 Å². The van der Waals surface area contributed by atoms with Crippen LogP contribution in [0.5, 0.6) is 0 Å². The van der Waals surface area contributed by atoms with Crippen molar-refractivity contribution in [3.05, 3.63) is 18.2 Å². The van der Waals surface area contributed by atoms with Gasteiger partial charge >= 0.3 is 5.97 Å². The summed E-state index contributed by atoms with van der Waals surface area (Å²) >= 11 is 0. The number of carbonyl (C=O) groups is 1. The van der Waals surface area contributed by atoms with Crippen LogP contribution in [-0.4, -0.2) is 45.2 Å². The van der Waals surface area contributed by atoms with E-state index in [1.165, 1.54) is 25.1 Å². The molecule has 0 spiro atoms. The number of aliphatic carboxylic acids is 1. The van der Waals surface area contributed by atoms with Gasteiger partial charge in [0.2, 0.25) is 0 Å². The summed E-state index contributed by atoms with van der Waals surface area (Å²) in [4.78, 5) is 17.5. The molecule has 1 atom stereocenters. The number of carboxylic acids is 1. The summed E-state index contributed by atoms with van der Waals surface area (Å²) in [5, 5.41) is 8.80. The maximum Gasteiger partial charge on any atom is 0.304 e. The van der Waals surface area contributed by atoms with Crippen LogP contribution in [0.3, 0.4) is 0 Å². The number of rotatable bonds is 6. The molecule has 0 unspecified atom stereocenters. The minimum Gasteiger partial charge on any atom is -0.481 e. The van der Waals surface area contributed by atoms with Crippen LogP contribution in [0, 0.1) is 5.92 Å². The van der Waals surface area contributed by atoms with Crippen molar-refractivity contribution in [1.82, 2.24) is 14.5 Å². The molecule has 5 nitrogen and oxygen atoms in total. The van der Waals surface area contributed by atoms with Crippen molar-refractivity contribution >= 4 is 5.97 Å². The zero-order valence-electron chi connectivity index (χ0n) is 11.9. The third-order valence-electron chi connectivity index (χ3n) is 4.41. The van der Waals surface area contributed by atoms with Crippen molar-refractivity contribution in [1.29, 1.82) is 0 Å². The lowest BCUT2D eigenvalue weighted by atomic mass is 9.97. The zero-order valence-corrected chi connectivity index (χ0v) is 11.9. The Morgan fingerprint density at radius 2 is 2.25 bits per heavy atom. The molecule has 110 valence electrons. The smallest absolute Gasteiger partial charge is 0.304 e. The summed E-state index contributed by atoms with van der Waals surface area (Å²) in [5.41, 5.74) is 0. The number of aromatic nitrogens is 2. The van der Waals surface area contributed by atoms with E-state index in [1.807, 2.05) is 6.20 Å². The third kappa shape index (κ3) is 3.39. The molecule has 20 heavy (non-hydrogen) atoms. The number of nitrogens with zero attached hydrogens (tertiary/aromatic N) is 3. The van der Waals surface area contributed by atoms with E-state index in [0.717, 1.165) is 32.0 Å². The molecule has 2 heterocycles. The highest BCUT2D eigenvalue weighted by molar-refractivity contribution is 5.66. The van der Waals surface area contributed by atoms with Crippen LogP contribution in [0.1, 0.15) is 43.8 Å². The van der Waals surface area contributed by atoms with E-state index in [1.54, 1.807) is 0 Å². The number of carboxylic acid groups (broad SMARTS) is 1. The van der Waals surface area contributed by atoms with Gasteiger partial charge < -0.3 is 14.6 Å². The molecule has 0 bridgehead atoms. The van der Waals surface area contributed by atoms with Gasteiger partial charge in [-0.05, 0) is 38.1 Å². The molecule has 0 aromatic carbocycles. The van der Waals surface area contributed by atoms with Crippen LogP contribution >= 0.6 is 0 Å². The molecule has 1 saturated heterocycles. The van der Waals surface area contributed by atoms with Gasteiger partial charge in [0.1, 0.15) is 5.82 Å². The summed E-state index contributed by atoms with van der Waals surface area (Å²) in [5.74, 6) is 1.82. The molecule has 0 amide bonds. The summed E-state index contributed by atoms with van der Waals surface area (Å²) in [6.07, 6.45) is 9.27. The molecule has 1 aromatic rings. The first-order valence-corrected chi connectivity index (χ1v) is 7.67. The molecule has 1 N–H and O–H groups in total. The molecule has 1 aliphatic carbocycles. The Morgan fingerprint density at radius 3 is 3.00 bits per heavy atom.